The number of phenolic OH excluding ortho intramolecular Hbond substituents is 1. The van der Waals surface area contributed by atoms with Crippen molar-refractivity contribution in [3.8, 4) is 5.75 Å². The maximum Gasteiger partial charge on any atom is 0.340 e. The quantitative estimate of drug-likeness (QED) is 0.440. The van der Waals surface area contributed by atoms with Gasteiger partial charge in [-0.25, -0.2) is 4.79 Å². The van der Waals surface area contributed by atoms with Gasteiger partial charge in [-0.3, -0.25) is 4.79 Å². The van der Waals surface area contributed by atoms with Crippen molar-refractivity contribution in [2.24, 2.45) is 0 Å². The summed E-state index contributed by atoms with van der Waals surface area (Å²) >= 11 is 0. The van der Waals surface area contributed by atoms with E-state index in [0.717, 1.165) is 22.0 Å². The number of para-hydroxylation sites is 1. The largest absolute Gasteiger partial charge is 0.507 e. The number of aromatic nitrogens is 1. The number of aromatic amines is 1. The number of benzene rings is 2. The van der Waals surface area contributed by atoms with Crippen LogP contribution < -0.4 is 10.9 Å². The Labute approximate surface area is 173 Å². The van der Waals surface area contributed by atoms with Crippen molar-refractivity contribution in [1.82, 2.24) is 10.3 Å². The minimum atomic E-state index is -0.551. The zero-order valence-corrected chi connectivity index (χ0v) is 17.2. The number of phenols is 1. The molecule has 4 aromatic rings. The van der Waals surface area contributed by atoms with Crippen LogP contribution in [0.5, 0.6) is 5.75 Å². The van der Waals surface area contributed by atoms with E-state index in [-0.39, 0.29) is 29.7 Å². The molecule has 0 aliphatic carbocycles. The summed E-state index contributed by atoms with van der Waals surface area (Å²) in [5, 5.41) is 14.9. The van der Waals surface area contributed by atoms with Crippen LogP contribution in [0.2, 0.25) is 0 Å². The maximum absolute atomic E-state index is 12.6. The fraction of sp³-hybridized carbons (Fsp3) is 0.250. The molecule has 2 aromatic carbocycles. The van der Waals surface area contributed by atoms with E-state index >= 15 is 0 Å². The highest BCUT2D eigenvalue weighted by molar-refractivity contribution is 5.89. The second kappa shape index (κ2) is 7.71. The third-order valence-corrected chi connectivity index (χ3v) is 5.45. The van der Waals surface area contributed by atoms with Crippen LogP contribution in [0.25, 0.3) is 21.9 Å². The molecule has 1 atom stereocenters. The Morgan fingerprint density at radius 2 is 2.00 bits per heavy atom. The lowest BCUT2D eigenvalue weighted by molar-refractivity contribution is -0.121. The number of carbonyl (C=O) groups is 1. The van der Waals surface area contributed by atoms with Gasteiger partial charge in [0.2, 0.25) is 5.91 Å². The van der Waals surface area contributed by atoms with E-state index in [4.69, 9.17) is 4.42 Å². The average Bonchev–Trinajstić information content (AvgIpc) is 3.07. The molecule has 6 nitrogen and oxygen atoms in total. The molecule has 2 heterocycles. The molecule has 0 spiro atoms. The van der Waals surface area contributed by atoms with E-state index in [9.17, 15) is 14.7 Å². The molecule has 6 heteroatoms. The molecule has 154 valence electrons. The predicted molar refractivity (Wildman–Crippen MR) is 117 cm³/mol. The molecule has 1 amide bonds. The lowest BCUT2D eigenvalue weighted by atomic mass is 10.0. The number of aryl methyl sites for hydroxylation is 2. The molecule has 0 aliphatic heterocycles. The normalized spacial score (nSPS) is 12.4. The van der Waals surface area contributed by atoms with Crippen molar-refractivity contribution in [3.05, 3.63) is 75.3 Å². The lowest BCUT2D eigenvalue weighted by Gasteiger charge is -2.14. The smallest absolute Gasteiger partial charge is 0.340 e. The molecule has 30 heavy (non-hydrogen) atoms. The first-order valence-electron chi connectivity index (χ1n) is 9.93. The maximum atomic E-state index is 12.6. The average molecular weight is 404 g/mol. The number of H-pyrrole nitrogens is 1. The minimum Gasteiger partial charge on any atom is -0.507 e. The van der Waals surface area contributed by atoms with Crippen molar-refractivity contribution in [2.45, 2.75) is 39.7 Å². The molecule has 0 aliphatic rings. The standard InChI is InChI=1S/C24H24N2O4/c1-13-8-20(27)23-15(3)18(24(29)30-21(23)9-13)11-22(28)26-14(2)10-16-12-25-19-7-5-4-6-17(16)19/h4-9,12,14,25,27H,10-11H2,1-3H3,(H,26,28)/t14-/m0/s1. The van der Waals surface area contributed by atoms with Gasteiger partial charge in [0.05, 0.1) is 17.4 Å². The first-order chi connectivity index (χ1) is 14.3. The van der Waals surface area contributed by atoms with Crippen molar-refractivity contribution >= 4 is 27.8 Å². The number of rotatable bonds is 5. The highest BCUT2D eigenvalue weighted by atomic mass is 16.4. The number of hydrogen-bond acceptors (Lipinski definition) is 4. The number of nitrogens with one attached hydrogen (secondary N) is 2. The lowest BCUT2D eigenvalue weighted by Crippen LogP contribution is -2.36. The van der Waals surface area contributed by atoms with Crippen LogP contribution in [-0.4, -0.2) is 22.0 Å². The van der Waals surface area contributed by atoms with Crippen LogP contribution in [0.4, 0.5) is 0 Å². The summed E-state index contributed by atoms with van der Waals surface area (Å²) in [5.41, 5.74) is 3.58. The summed E-state index contributed by atoms with van der Waals surface area (Å²) in [6, 6.07) is 11.2. The Morgan fingerprint density at radius 1 is 1.23 bits per heavy atom. The van der Waals surface area contributed by atoms with Gasteiger partial charge in [0, 0.05) is 23.1 Å². The summed E-state index contributed by atoms with van der Waals surface area (Å²) < 4.78 is 5.37. The molecule has 0 saturated carbocycles. The Balaban J connectivity index is 1.52. The number of carbonyl (C=O) groups excluding carboxylic acids is 1. The molecule has 4 rings (SSSR count). The predicted octanol–water partition coefficient (Wildman–Crippen LogP) is 3.89. The summed E-state index contributed by atoms with van der Waals surface area (Å²) in [6.07, 6.45) is 2.52. The zero-order valence-electron chi connectivity index (χ0n) is 17.2. The zero-order chi connectivity index (χ0) is 21.4. The fourth-order valence-corrected chi connectivity index (χ4v) is 4.03. The van der Waals surface area contributed by atoms with Crippen LogP contribution in [0, 0.1) is 13.8 Å². The number of amides is 1. The molecular formula is C24H24N2O4. The van der Waals surface area contributed by atoms with E-state index in [0.29, 0.717) is 23.0 Å². The van der Waals surface area contributed by atoms with Crippen molar-refractivity contribution < 1.29 is 14.3 Å². The Hall–Kier alpha value is -3.54. The number of fused-ring (bicyclic) bond motifs is 2. The molecule has 3 N–H and O–H groups in total. The molecule has 0 bridgehead atoms. The third kappa shape index (κ3) is 3.68. The number of hydrogen-bond donors (Lipinski definition) is 3. The summed E-state index contributed by atoms with van der Waals surface area (Å²) in [6.45, 7) is 5.47. The minimum absolute atomic E-state index is 0.0422. The van der Waals surface area contributed by atoms with E-state index in [2.05, 4.69) is 10.3 Å². The van der Waals surface area contributed by atoms with Gasteiger partial charge in [0.1, 0.15) is 11.3 Å². The summed E-state index contributed by atoms with van der Waals surface area (Å²) in [7, 11) is 0. The first kappa shape index (κ1) is 19.8. The van der Waals surface area contributed by atoms with Crippen LogP contribution in [0.3, 0.4) is 0 Å². The van der Waals surface area contributed by atoms with Gasteiger partial charge in [-0.2, -0.15) is 0 Å². The topological polar surface area (TPSA) is 95.3 Å². The third-order valence-electron chi connectivity index (χ3n) is 5.45. The second-order valence-corrected chi connectivity index (χ2v) is 7.86. The van der Waals surface area contributed by atoms with Crippen molar-refractivity contribution in [3.63, 3.8) is 0 Å². The van der Waals surface area contributed by atoms with Crippen LogP contribution >= 0.6 is 0 Å². The van der Waals surface area contributed by atoms with Crippen molar-refractivity contribution in [2.75, 3.05) is 0 Å². The van der Waals surface area contributed by atoms with Gasteiger partial charge in [-0.1, -0.05) is 18.2 Å². The van der Waals surface area contributed by atoms with Gasteiger partial charge in [-0.05, 0) is 62.1 Å². The monoisotopic (exact) mass is 404 g/mol. The van der Waals surface area contributed by atoms with Gasteiger partial charge in [0.15, 0.2) is 0 Å². The molecule has 0 unspecified atom stereocenters. The van der Waals surface area contributed by atoms with Crippen LogP contribution in [0.1, 0.15) is 29.2 Å². The first-order valence-corrected chi connectivity index (χ1v) is 9.93. The highest BCUT2D eigenvalue weighted by Crippen LogP contribution is 2.30. The molecule has 0 radical (unpaired) electrons. The van der Waals surface area contributed by atoms with Crippen LogP contribution in [0.15, 0.2) is 51.8 Å². The number of aromatic hydroxyl groups is 1. The molecule has 2 aromatic heterocycles. The second-order valence-electron chi connectivity index (χ2n) is 7.86. The van der Waals surface area contributed by atoms with Gasteiger partial charge in [0.25, 0.3) is 0 Å². The van der Waals surface area contributed by atoms with E-state index in [1.54, 1.807) is 19.1 Å². The SMILES string of the molecule is Cc1cc(O)c2c(C)c(CC(=O)N[C@@H](C)Cc3c[nH]c4ccccc34)c(=O)oc2c1. The fourth-order valence-electron chi connectivity index (χ4n) is 4.03. The van der Waals surface area contributed by atoms with Gasteiger partial charge in [-0.15, -0.1) is 0 Å². The molecular weight excluding hydrogens is 380 g/mol. The van der Waals surface area contributed by atoms with E-state index in [1.807, 2.05) is 44.3 Å². The molecule has 0 fully saturated rings. The highest BCUT2D eigenvalue weighted by Gasteiger charge is 2.19. The van der Waals surface area contributed by atoms with Gasteiger partial charge >= 0.3 is 5.63 Å². The Bertz CT molecular complexity index is 1320. The summed E-state index contributed by atoms with van der Waals surface area (Å²) in [4.78, 5) is 28.3. The Morgan fingerprint density at radius 3 is 2.80 bits per heavy atom. The van der Waals surface area contributed by atoms with E-state index < -0.39 is 5.63 Å². The van der Waals surface area contributed by atoms with Crippen molar-refractivity contribution in [1.29, 1.82) is 0 Å². The summed E-state index contributed by atoms with van der Waals surface area (Å²) in [5.74, 6) is -0.218. The molecule has 0 saturated heterocycles. The Kier molecular flexibility index (Phi) is 5.08. The van der Waals surface area contributed by atoms with E-state index in [1.165, 1.54) is 0 Å². The van der Waals surface area contributed by atoms with Crippen LogP contribution in [-0.2, 0) is 17.6 Å². The van der Waals surface area contributed by atoms with Gasteiger partial charge < -0.3 is 19.8 Å².